The van der Waals surface area contributed by atoms with E-state index in [1.807, 2.05) is 6.92 Å². The van der Waals surface area contributed by atoms with Gasteiger partial charge in [0.05, 0.1) is 23.8 Å². The molecule has 0 aliphatic heterocycles. The molecule has 0 bridgehead atoms. The van der Waals surface area contributed by atoms with Crippen molar-refractivity contribution in [3.63, 3.8) is 0 Å². The van der Waals surface area contributed by atoms with Crippen molar-refractivity contribution in [2.75, 3.05) is 32.0 Å². The van der Waals surface area contributed by atoms with Crippen LogP contribution in [0.25, 0.3) is 0 Å². The zero-order valence-corrected chi connectivity index (χ0v) is 13.6. The number of halogens is 2. The lowest BCUT2D eigenvalue weighted by atomic mass is 10.3. The highest BCUT2D eigenvalue weighted by Crippen LogP contribution is 2.25. The van der Waals surface area contributed by atoms with E-state index in [0.29, 0.717) is 22.3 Å². The van der Waals surface area contributed by atoms with Crippen LogP contribution in [0.3, 0.4) is 0 Å². The minimum Gasteiger partial charge on any atom is -0.332 e. The average molecular weight is 332 g/mol. The molecule has 7 heteroatoms. The largest absolute Gasteiger partial charge is 0.332 e. The van der Waals surface area contributed by atoms with E-state index in [0.717, 1.165) is 6.42 Å². The molecule has 0 aliphatic rings. The van der Waals surface area contributed by atoms with Crippen molar-refractivity contribution < 1.29 is 9.59 Å². The van der Waals surface area contributed by atoms with Gasteiger partial charge in [-0.3, -0.25) is 9.59 Å². The van der Waals surface area contributed by atoms with Crippen LogP contribution >= 0.6 is 23.2 Å². The van der Waals surface area contributed by atoms with E-state index in [1.54, 1.807) is 25.2 Å². The monoisotopic (exact) mass is 331 g/mol. The van der Waals surface area contributed by atoms with Crippen LogP contribution in [0.15, 0.2) is 18.2 Å². The second kappa shape index (κ2) is 8.87. The smallest absolute Gasteiger partial charge is 0.244 e. The normalized spacial score (nSPS) is 10.3. The Labute approximate surface area is 134 Å². The van der Waals surface area contributed by atoms with Crippen LogP contribution in [-0.4, -0.2) is 43.4 Å². The predicted molar refractivity (Wildman–Crippen MR) is 85.9 cm³/mol. The molecule has 0 radical (unpaired) electrons. The molecule has 0 unspecified atom stereocenters. The van der Waals surface area contributed by atoms with Crippen molar-refractivity contribution in [3.8, 4) is 0 Å². The molecule has 0 saturated heterocycles. The SMILES string of the molecule is CCCN(CC(=O)Nc1cc(Cl)ccc1Cl)C(=O)CNC. The number of hydrogen-bond donors (Lipinski definition) is 2. The van der Waals surface area contributed by atoms with Gasteiger partial charge in [-0.2, -0.15) is 0 Å². The first-order valence-electron chi connectivity index (χ1n) is 6.65. The van der Waals surface area contributed by atoms with Crippen LogP contribution < -0.4 is 10.6 Å². The van der Waals surface area contributed by atoms with Gasteiger partial charge in [0.1, 0.15) is 0 Å². The molecular weight excluding hydrogens is 313 g/mol. The van der Waals surface area contributed by atoms with Crippen molar-refractivity contribution in [1.29, 1.82) is 0 Å². The second-order valence-corrected chi connectivity index (χ2v) is 5.36. The molecule has 116 valence electrons. The Morgan fingerprint density at radius 3 is 2.62 bits per heavy atom. The van der Waals surface area contributed by atoms with Gasteiger partial charge in [0, 0.05) is 11.6 Å². The summed E-state index contributed by atoms with van der Waals surface area (Å²) in [6, 6.07) is 4.82. The quantitative estimate of drug-likeness (QED) is 0.806. The summed E-state index contributed by atoms with van der Waals surface area (Å²) in [5.74, 6) is -0.427. The van der Waals surface area contributed by atoms with E-state index >= 15 is 0 Å². The lowest BCUT2D eigenvalue weighted by molar-refractivity contribution is -0.133. The molecule has 0 fully saturated rings. The summed E-state index contributed by atoms with van der Waals surface area (Å²) in [5, 5.41) is 6.33. The van der Waals surface area contributed by atoms with Crippen LogP contribution in [0.5, 0.6) is 0 Å². The Morgan fingerprint density at radius 2 is 2.00 bits per heavy atom. The Balaban J connectivity index is 2.69. The molecule has 1 aromatic rings. The zero-order chi connectivity index (χ0) is 15.8. The molecule has 0 aliphatic carbocycles. The van der Waals surface area contributed by atoms with Crippen LogP contribution in [0.2, 0.25) is 10.0 Å². The molecule has 0 atom stereocenters. The number of rotatable bonds is 7. The molecule has 21 heavy (non-hydrogen) atoms. The van der Waals surface area contributed by atoms with Crippen molar-refractivity contribution in [3.05, 3.63) is 28.2 Å². The van der Waals surface area contributed by atoms with Gasteiger partial charge in [-0.25, -0.2) is 0 Å². The molecule has 0 aromatic heterocycles. The summed E-state index contributed by atoms with van der Waals surface area (Å²) in [6.45, 7) is 2.66. The first-order valence-corrected chi connectivity index (χ1v) is 7.40. The van der Waals surface area contributed by atoms with Crippen molar-refractivity contribution in [2.45, 2.75) is 13.3 Å². The fraction of sp³-hybridized carbons (Fsp3) is 0.429. The number of carbonyl (C=O) groups is 2. The molecule has 0 saturated carbocycles. The van der Waals surface area contributed by atoms with Gasteiger partial charge in [0.25, 0.3) is 0 Å². The highest BCUT2D eigenvalue weighted by Gasteiger charge is 2.16. The lowest BCUT2D eigenvalue weighted by Crippen LogP contribution is -2.42. The number of hydrogen-bond acceptors (Lipinski definition) is 3. The number of nitrogens with one attached hydrogen (secondary N) is 2. The lowest BCUT2D eigenvalue weighted by Gasteiger charge is -2.21. The predicted octanol–water partition coefficient (Wildman–Crippen LogP) is 2.39. The van der Waals surface area contributed by atoms with Crippen molar-refractivity contribution in [2.24, 2.45) is 0 Å². The maximum absolute atomic E-state index is 12.0. The number of amides is 2. The summed E-state index contributed by atoms with van der Waals surface area (Å²) in [5.41, 5.74) is 0.437. The molecule has 0 spiro atoms. The average Bonchev–Trinajstić information content (AvgIpc) is 2.42. The molecule has 2 N–H and O–H groups in total. The molecular formula is C14H19Cl2N3O2. The minimum absolute atomic E-state index is 0.0167. The van der Waals surface area contributed by atoms with Gasteiger partial charge in [-0.15, -0.1) is 0 Å². The Bertz CT molecular complexity index is 509. The number of nitrogens with zero attached hydrogens (tertiary/aromatic N) is 1. The standard InChI is InChI=1S/C14H19Cl2N3O2/c1-3-6-19(14(21)8-17-2)9-13(20)18-12-7-10(15)4-5-11(12)16/h4-5,7,17H,3,6,8-9H2,1-2H3,(H,18,20). The third kappa shape index (κ3) is 5.91. The number of anilines is 1. The van der Waals surface area contributed by atoms with Gasteiger partial charge < -0.3 is 15.5 Å². The first-order chi connectivity index (χ1) is 9.97. The van der Waals surface area contributed by atoms with Gasteiger partial charge in [0.2, 0.25) is 11.8 Å². The van der Waals surface area contributed by atoms with Gasteiger partial charge in [0.15, 0.2) is 0 Å². The molecule has 5 nitrogen and oxygen atoms in total. The van der Waals surface area contributed by atoms with Gasteiger partial charge >= 0.3 is 0 Å². The third-order valence-electron chi connectivity index (χ3n) is 2.71. The summed E-state index contributed by atoms with van der Waals surface area (Å²) in [7, 11) is 1.69. The number of benzene rings is 1. The fourth-order valence-corrected chi connectivity index (χ4v) is 2.12. The van der Waals surface area contributed by atoms with E-state index in [1.165, 1.54) is 4.90 Å². The maximum Gasteiger partial charge on any atom is 0.244 e. The van der Waals surface area contributed by atoms with Gasteiger partial charge in [-0.05, 0) is 31.7 Å². The first kappa shape index (κ1) is 17.8. The topological polar surface area (TPSA) is 61.4 Å². The van der Waals surface area contributed by atoms with Crippen LogP contribution in [0, 0.1) is 0 Å². The van der Waals surface area contributed by atoms with Crippen LogP contribution in [0.1, 0.15) is 13.3 Å². The summed E-state index contributed by atoms with van der Waals surface area (Å²) in [6.07, 6.45) is 0.778. The third-order valence-corrected chi connectivity index (χ3v) is 3.28. The van der Waals surface area contributed by atoms with E-state index in [4.69, 9.17) is 23.2 Å². The number of carbonyl (C=O) groups excluding carboxylic acids is 2. The number of likely N-dealkylation sites (N-methyl/N-ethyl adjacent to an activating group) is 1. The summed E-state index contributed by atoms with van der Waals surface area (Å²) >= 11 is 11.9. The fourth-order valence-electron chi connectivity index (χ4n) is 1.78. The Morgan fingerprint density at radius 1 is 1.29 bits per heavy atom. The Hall–Kier alpha value is -1.30. The highest BCUT2D eigenvalue weighted by atomic mass is 35.5. The van der Waals surface area contributed by atoms with E-state index in [2.05, 4.69) is 10.6 Å². The van der Waals surface area contributed by atoms with Crippen molar-refractivity contribution >= 4 is 40.7 Å². The highest BCUT2D eigenvalue weighted by molar-refractivity contribution is 6.35. The van der Waals surface area contributed by atoms with Crippen LogP contribution in [-0.2, 0) is 9.59 Å². The molecule has 2 amide bonds. The van der Waals surface area contributed by atoms with Gasteiger partial charge in [-0.1, -0.05) is 30.1 Å². The molecule has 0 heterocycles. The van der Waals surface area contributed by atoms with Crippen molar-refractivity contribution in [1.82, 2.24) is 10.2 Å². The molecule has 1 rings (SSSR count). The van der Waals surface area contributed by atoms with E-state index in [9.17, 15) is 9.59 Å². The second-order valence-electron chi connectivity index (χ2n) is 4.52. The minimum atomic E-state index is -0.308. The van der Waals surface area contributed by atoms with E-state index < -0.39 is 0 Å². The molecule has 1 aromatic carbocycles. The Kier molecular flexibility index (Phi) is 7.50. The van der Waals surface area contributed by atoms with E-state index in [-0.39, 0.29) is 24.9 Å². The summed E-state index contributed by atoms with van der Waals surface area (Å²) in [4.78, 5) is 25.4. The van der Waals surface area contributed by atoms with Crippen LogP contribution in [0.4, 0.5) is 5.69 Å². The summed E-state index contributed by atoms with van der Waals surface area (Å²) < 4.78 is 0. The zero-order valence-electron chi connectivity index (χ0n) is 12.1. The maximum atomic E-state index is 12.0.